The van der Waals surface area contributed by atoms with Crippen molar-refractivity contribution in [2.24, 2.45) is 0 Å². The van der Waals surface area contributed by atoms with E-state index in [1.807, 2.05) is 0 Å². The zero-order valence-corrected chi connectivity index (χ0v) is 15.0. The van der Waals surface area contributed by atoms with Crippen LogP contribution in [0.25, 0.3) is 0 Å². The van der Waals surface area contributed by atoms with E-state index in [-0.39, 0.29) is 17.2 Å². The second-order valence-electron chi connectivity index (χ2n) is 5.54. The molecule has 0 radical (unpaired) electrons. The predicted octanol–water partition coefficient (Wildman–Crippen LogP) is 5.94. The van der Waals surface area contributed by atoms with Crippen molar-refractivity contribution in [3.05, 3.63) is 86.4 Å². The highest BCUT2D eigenvalue weighted by Crippen LogP contribution is 2.45. The molecule has 0 atom stereocenters. The van der Waals surface area contributed by atoms with Gasteiger partial charge in [-0.3, -0.25) is 0 Å². The average Bonchev–Trinajstić information content (AvgIpc) is 2.57. The molecule has 0 spiro atoms. The van der Waals surface area contributed by atoms with Crippen molar-refractivity contribution in [2.45, 2.75) is 5.92 Å². The lowest BCUT2D eigenvalue weighted by molar-refractivity contribution is 0.451. The van der Waals surface area contributed by atoms with Gasteiger partial charge in [-0.2, -0.15) is 0 Å². The molecule has 0 unspecified atom stereocenters. The first-order valence-electron chi connectivity index (χ1n) is 7.32. The summed E-state index contributed by atoms with van der Waals surface area (Å²) in [5.74, 6) is -0.828. The Kier molecular flexibility index (Phi) is 5.00. The molecule has 3 N–H and O–H groups in total. The van der Waals surface area contributed by atoms with Gasteiger partial charge in [-0.25, -0.2) is 0 Å². The van der Waals surface area contributed by atoms with E-state index in [2.05, 4.69) is 0 Å². The van der Waals surface area contributed by atoms with E-state index in [1.165, 1.54) is 18.2 Å². The van der Waals surface area contributed by atoms with Gasteiger partial charge in [-0.1, -0.05) is 34.8 Å². The molecule has 0 heterocycles. The lowest BCUT2D eigenvalue weighted by Crippen LogP contribution is -2.05. The molecule has 0 aromatic heterocycles. The van der Waals surface area contributed by atoms with Crippen molar-refractivity contribution in [3.8, 4) is 17.2 Å². The number of halogens is 3. The highest BCUT2D eigenvalue weighted by molar-refractivity contribution is 6.31. The van der Waals surface area contributed by atoms with Gasteiger partial charge in [0.15, 0.2) is 0 Å². The molecule has 3 nitrogen and oxygen atoms in total. The lowest BCUT2D eigenvalue weighted by Gasteiger charge is -2.22. The molecule has 0 bridgehead atoms. The molecular weight excluding hydrogens is 383 g/mol. The summed E-state index contributed by atoms with van der Waals surface area (Å²) in [7, 11) is 0. The number of benzene rings is 3. The van der Waals surface area contributed by atoms with Gasteiger partial charge < -0.3 is 15.3 Å². The third-order valence-corrected chi connectivity index (χ3v) is 4.61. The molecule has 128 valence electrons. The molecule has 3 rings (SSSR count). The molecule has 0 aliphatic carbocycles. The van der Waals surface area contributed by atoms with E-state index in [1.54, 1.807) is 36.4 Å². The highest BCUT2D eigenvalue weighted by atomic mass is 35.5. The zero-order valence-electron chi connectivity index (χ0n) is 12.7. The third-order valence-electron chi connectivity index (χ3n) is 3.90. The Morgan fingerprint density at radius 3 is 1.08 bits per heavy atom. The van der Waals surface area contributed by atoms with Crippen LogP contribution in [0.3, 0.4) is 0 Å². The van der Waals surface area contributed by atoms with Crippen LogP contribution in [-0.4, -0.2) is 15.3 Å². The number of phenols is 3. The minimum absolute atomic E-state index is 0.0341. The maximum absolute atomic E-state index is 10.4. The van der Waals surface area contributed by atoms with Crippen LogP contribution in [0.15, 0.2) is 54.6 Å². The number of rotatable bonds is 3. The van der Waals surface area contributed by atoms with Crippen LogP contribution >= 0.6 is 34.8 Å². The van der Waals surface area contributed by atoms with E-state index >= 15 is 0 Å². The lowest BCUT2D eigenvalue weighted by atomic mass is 9.83. The molecule has 3 aromatic rings. The summed E-state index contributed by atoms with van der Waals surface area (Å²) >= 11 is 18.3. The standard InChI is InChI=1S/C19H13Cl3O3/c20-10-1-4-16(23)13(7-10)19(14-8-11(21)2-5-17(14)24)15-9-12(22)3-6-18(15)25/h1-9,19,23-25H. The molecule has 6 heteroatoms. The Hall–Kier alpha value is -2.07. The average molecular weight is 396 g/mol. The van der Waals surface area contributed by atoms with Gasteiger partial charge in [0, 0.05) is 37.7 Å². The van der Waals surface area contributed by atoms with Crippen LogP contribution in [0, 0.1) is 0 Å². The van der Waals surface area contributed by atoms with Crippen molar-refractivity contribution in [1.82, 2.24) is 0 Å². The topological polar surface area (TPSA) is 60.7 Å². The fourth-order valence-electron chi connectivity index (χ4n) is 2.77. The Bertz CT molecular complexity index is 819. The van der Waals surface area contributed by atoms with E-state index < -0.39 is 5.92 Å². The molecule has 0 aliphatic rings. The summed E-state index contributed by atoms with van der Waals surface area (Å²) in [6.07, 6.45) is 0. The summed E-state index contributed by atoms with van der Waals surface area (Å²) in [4.78, 5) is 0. The number of aromatic hydroxyl groups is 3. The van der Waals surface area contributed by atoms with Gasteiger partial charge in [0.2, 0.25) is 0 Å². The van der Waals surface area contributed by atoms with E-state index in [0.29, 0.717) is 31.8 Å². The van der Waals surface area contributed by atoms with Crippen molar-refractivity contribution >= 4 is 34.8 Å². The van der Waals surface area contributed by atoms with Crippen molar-refractivity contribution in [3.63, 3.8) is 0 Å². The van der Waals surface area contributed by atoms with E-state index in [9.17, 15) is 15.3 Å². The van der Waals surface area contributed by atoms with Crippen molar-refractivity contribution in [2.75, 3.05) is 0 Å². The largest absolute Gasteiger partial charge is 0.508 e. The molecule has 0 saturated heterocycles. The Balaban J connectivity index is 2.34. The summed E-state index contributed by atoms with van der Waals surface area (Å²) in [6, 6.07) is 13.7. The highest BCUT2D eigenvalue weighted by Gasteiger charge is 2.26. The molecule has 0 saturated carbocycles. The third kappa shape index (κ3) is 3.64. The summed E-state index contributed by atoms with van der Waals surface area (Å²) in [6.45, 7) is 0. The number of hydrogen-bond acceptors (Lipinski definition) is 3. The molecule has 3 aromatic carbocycles. The van der Waals surface area contributed by atoms with Gasteiger partial charge >= 0.3 is 0 Å². The van der Waals surface area contributed by atoms with Gasteiger partial charge in [0.25, 0.3) is 0 Å². The van der Waals surface area contributed by atoms with Crippen molar-refractivity contribution < 1.29 is 15.3 Å². The molecule has 0 aliphatic heterocycles. The van der Waals surface area contributed by atoms with Crippen LogP contribution in [0.1, 0.15) is 22.6 Å². The quantitative estimate of drug-likeness (QED) is 0.481. The Morgan fingerprint density at radius 1 is 0.520 bits per heavy atom. The predicted molar refractivity (Wildman–Crippen MR) is 100 cm³/mol. The summed E-state index contributed by atoms with van der Waals surface area (Å²) < 4.78 is 0. The monoisotopic (exact) mass is 394 g/mol. The van der Waals surface area contributed by atoms with Crippen LogP contribution in [-0.2, 0) is 0 Å². The Labute approximate surface area is 159 Å². The first-order chi connectivity index (χ1) is 11.9. The minimum Gasteiger partial charge on any atom is -0.508 e. The second kappa shape index (κ2) is 7.04. The molecule has 0 fully saturated rings. The smallest absolute Gasteiger partial charge is 0.119 e. The van der Waals surface area contributed by atoms with E-state index in [0.717, 1.165) is 0 Å². The zero-order chi connectivity index (χ0) is 18.1. The fourth-order valence-corrected chi connectivity index (χ4v) is 3.31. The van der Waals surface area contributed by atoms with Gasteiger partial charge in [-0.05, 0) is 54.6 Å². The Morgan fingerprint density at radius 2 is 0.800 bits per heavy atom. The van der Waals surface area contributed by atoms with Crippen LogP contribution in [0.2, 0.25) is 15.1 Å². The van der Waals surface area contributed by atoms with Crippen LogP contribution < -0.4 is 0 Å². The normalized spacial score (nSPS) is 11.0. The summed E-state index contributed by atoms with van der Waals surface area (Å²) in [5, 5.41) is 32.3. The van der Waals surface area contributed by atoms with Crippen LogP contribution in [0.4, 0.5) is 0 Å². The minimum atomic E-state index is -0.726. The van der Waals surface area contributed by atoms with E-state index in [4.69, 9.17) is 34.8 Å². The maximum Gasteiger partial charge on any atom is 0.119 e. The summed E-state index contributed by atoms with van der Waals surface area (Å²) in [5.41, 5.74) is 1.22. The SMILES string of the molecule is Oc1ccc(Cl)cc1C(c1cc(Cl)ccc1O)c1cc(Cl)ccc1O. The van der Waals surface area contributed by atoms with Gasteiger partial charge in [-0.15, -0.1) is 0 Å². The van der Waals surface area contributed by atoms with Gasteiger partial charge in [0.1, 0.15) is 17.2 Å². The van der Waals surface area contributed by atoms with Crippen molar-refractivity contribution in [1.29, 1.82) is 0 Å². The molecule has 25 heavy (non-hydrogen) atoms. The first-order valence-corrected chi connectivity index (χ1v) is 8.45. The number of phenolic OH excluding ortho intramolecular Hbond substituents is 3. The van der Waals surface area contributed by atoms with Gasteiger partial charge in [0.05, 0.1) is 0 Å². The first kappa shape index (κ1) is 17.7. The molecule has 0 amide bonds. The maximum atomic E-state index is 10.4. The van der Waals surface area contributed by atoms with Crippen LogP contribution in [0.5, 0.6) is 17.2 Å². The second-order valence-corrected chi connectivity index (χ2v) is 6.85. The number of hydrogen-bond donors (Lipinski definition) is 3. The fraction of sp³-hybridized carbons (Fsp3) is 0.0526. The molecular formula is C19H13Cl3O3.